The molecule has 0 fully saturated rings. The van der Waals surface area contributed by atoms with Crippen LogP contribution in [0.2, 0.25) is 5.02 Å². The fourth-order valence-corrected chi connectivity index (χ4v) is 1.69. The molecule has 72 valence electrons. The molecule has 0 spiro atoms. The Hall–Kier alpha value is -1.48. The van der Waals surface area contributed by atoms with Gasteiger partial charge < -0.3 is 9.72 Å². The van der Waals surface area contributed by atoms with Gasteiger partial charge in [-0.2, -0.15) is 0 Å². The minimum absolute atomic E-state index is 0.514. The Balaban J connectivity index is 2.79. The van der Waals surface area contributed by atoms with Gasteiger partial charge in [-0.25, -0.2) is 0 Å². The smallest absolute Gasteiger partial charge is 0.166 e. The lowest BCUT2D eigenvalue weighted by Crippen LogP contribution is -1.84. The first-order valence-electron chi connectivity index (χ1n) is 4.06. The number of aldehydes is 1. The third-order valence-corrected chi connectivity index (χ3v) is 2.36. The number of nitrogens with one attached hydrogen (secondary N) is 1. The molecule has 1 heterocycles. The Morgan fingerprint density at radius 2 is 2.29 bits per heavy atom. The fourth-order valence-electron chi connectivity index (χ4n) is 1.44. The highest BCUT2D eigenvalue weighted by molar-refractivity contribution is 6.33. The van der Waals surface area contributed by atoms with Crippen LogP contribution in [0.25, 0.3) is 10.9 Å². The van der Waals surface area contributed by atoms with Crippen molar-refractivity contribution < 1.29 is 9.53 Å². The Morgan fingerprint density at radius 3 is 2.93 bits per heavy atom. The molecule has 2 aromatic rings. The van der Waals surface area contributed by atoms with Gasteiger partial charge in [-0.05, 0) is 18.2 Å². The molecule has 0 aliphatic heterocycles. The van der Waals surface area contributed by atoms with Gasteiger partial charge in [0.25, 0.3) is 0 Å². The summed E-state index contributed by atoms with van der Waals surface area (Å²) in [7, 11) is 1.55. The maximum Gasteiger partial charge on any atom is 0.166 e. The van der Waals surface area contributed by atoms with E-state index < -0.39 is 0 Å². The first-order valence-corrected chi connectivity index (χ1v) is 4.44. The molecular formula is C10H8ClNO2. The average Bonchev–Trinajstić information content (AvgIpc) is 2.60. The summed E-state index contributed by atoms with van der Waals surface area (Å²) in [6.07, 6.45) is 0.757. The first kappa shape index (κ1) is 9.09. The molecule has 2 rings (SSSR count). The number of H-pyrrole nitrogens is 1. The van der Waals surface area contributed by atoms with Gasteiger partial charge in [-0.15, -0.1) is 0 Å². The van der Waals surface area contributed by atoms with Crippen molar-refractivity contribution in [3.05, 3.63) is 28.9 Å². The highest BCUT2D eigenvalue weighted by Crippen LogP contribution is 2.33. The van der Waals surface area contributed by atoms with Crippen LogP contribution in [0.1, 0.15) is 10.5 Å². The molecule has 0 saturated heterocycles. The highest BCUT2D eigenvalue weighted by Gasteiger charge is 2.08. The van der Waals surface area contributed by atoms with Crippen molar-refractivity contribution in [2.75, 3.05) is 7.11 Å². The minimum atomic E-state index is 0.514. The maximum absolute atomic E-state index is 10.6. The molecule has 0 atom stereocenters. The fraction of sp³-hybridized carbons (Fsp3) is 0.100. The normalized spacial score (nSPS) is 10.4. The van der Waals surface area contributed by atoms with Crippen LogP contribution in [-0.2, 0) is 0 Å². The average molecular weight is 210 g/mol. The van der Waals surface area contributed by atoms with Crippen molar-refractivity contribution in [3.8, 4) is 5.75 Å². The number of ether oxygens (including phenoxy) is 1. The molecular weight excluding hydrogens is 202 g/mol. The van der Waals surface area contributed by atoms with Crippen LogP contribution < -0.4 is 4.74 Å². The zero-order chi connectivity index (χ0) is 10.1. The monoisotopic (exact) mass is 209 g/mol. The molecule has 0 aliphatic rings. The molecule has 0 amide bonds. The summed E-state index contributed by atoms with van der Waals surface area (Å²) in [5, 5.41) is 1.36. The van der Waals surface area contributed by atoms with Crippen LogP contribution in [-0.4, -0.2) is 18.4 Å². The number of hydrogen-bond acceptors (Lipinski definition) is 2. The topological polar surface area (TPSA) is 42.1 Å². The van der Waals surface area contributed by atoms with Crippen LogP contribution in [0.5, 0.6) is 5.75 Å². The molecule has 0 aliphatic carbocycles. The SMILES string of the molecule is COc1c(Cl)ccc2[nH]c(C=O)cc12. The van der Waals surface area contributed by atoms with Gasteiger partial charge in [-0.1, -0.05) is 11.6 Å². The van der Waals surface area contributed by atoms with Crippen molar-refractivity contribution >= 4 is 28.8 Å². The Morgan fingerprint density at radius 1 is 1.50 bits per heavy atom. The summed E-state index contributed by atoms with van der Waals surface area (Å²) < 4.78 is 5.15. The van der Waals surface area contributed by atoms with E-state index >= 15 is 0 Å². The number of carbonyl (C=O) groups is 1. The van der Waals surface area contributed by atoms with E-state index in [0.717, 1.165) is 17.2 Å². The lowest BCUT2D eigenvalue weighted by molar-refractivity contribution is 0.112. The molecule has 1 aromatic carbocycles. The van der Waals surface area contributed by atoms with E-state index in [1.54, 1.807) is 19.2 Å². The van der Waals surface area contributed by atoms with Crippen LogP contribution >= 0.6 is 11.6 Å². The molecule has 1 N–H and O–H groups in total. The predicted molar refractivity (Wildman–Crippen MR) is 55.2 cm³/mol. The number of carbonyl (C=O) groups excluding carboxylic acids is 1. The Kier molecular flexibility index (Phi) is 2.17. The van der Waals surface area contributed by atoms with Crippen molar-refractivity contribution in [1.82, 2.24) is 4.98 Å². The van der Waals surface area contributed by atoms with Gasteiger partial charge in [0.2, 0.25) is 0 Å². The molecule has 0 unspecified atom stereocenters. The van der Waals surface area contributed by atoms with Crippen molar-refractivity contribution in [2.45, 2.75) is 0 Å². The van der Waals surface area contributed by atoms with Crippen LogP contribution in [0.4, 0.5) is 0 Å². The van der Waals surface area contributed by atoms with Crippen LogP contribution in [0.15, 0.2) is 18.2 Å². The van der Waals surface area contributed by atoms with Gasteiger partial charge in [0, 0.05) is 10.9 Å². The largest absolute Gasteiger partial charge is 0.494 e. The predicted octanol–water partition coefficient (Wildman–Crippen LogP) is 2.64. The van der Waals surface area contributed by atoms with Gasteiger partial charge in [-0.3, -0.25) is 4.79 Å². The minimum Gasteiger partial charge on any atom is -0.494 e. The molecule has 0 bridgehead atoms. The first-order chi connectivity index (χ1) is 6.76. The zero-order valence-electron chi connectivity index (χ0n) is 7.50. The summed E-state index contributed by atoms with van der Waals surface area (Å²) in [6.45, 7) is 0. The van der Waals surface area contributed by atoms with E-state index in [4.69, 9.17) is 16.3 Å². The summed E-state index contributed by atoms with van der Waals surface area (Å²) in [6, 6.07) is 5.26. The van der Waals surface area contributed by atoms with E-state index in [1.807, 2.05) is 6.07 Å². The van der Waals surface area contributed by atoms with E-state index in [1.165, 1.54) is 0 Å². The number of fused-ring (bicyclic) bond motifs is 1. The van der Waals surface area contributed by atoms with E-state index in [0.29, 0.717) is 16.5 Å². The summed E-state index contributed by atoms with van der Waals surface area (Å²) >= 11 is 5.93. The number of rotatable bonds is 2. The molecule has 1 aromatic heterocycles. The molecule has 3 nitrogen and oxygen atoms in total. The van der Waals surface area contributed by atoms with Crippen molar-refractivity contribution in [2.24, 2.45) is 0 Å². The molecule has 14 heavy (non-hydrogen) atoms. The zero-order valence-corrected chi connectivity index (χ0v) is 8.26. The second-order valence-corrected chi connectivity index (χ2v) is 3.29. The Labute approximate surface area is 85.6 Å². The maximum atomic E-state index is 10.6. The number of halogens is 1. The second-order valence-electron chi connectivity index (χ2n) is 2.88. The summed E-state index contributed by atoms with van der Waals surface area (Å²) in [5.41, 5.74) is 1.36. The lowest BCUT2D eigenvalue weighted by Gasteiger charge is -2.03. The Bertz CT molecular complexity index is 490. The van der Waals surface area contributed by atoms with Gasteiger partial charge >= 0.3 is 0 Å². The number of methoxy groups -OCH3 is 1. The van der Waals surface area contributed by atoms with E-state index in [-0.39, 0.29) is 0 Å². The standard InChI is InChI=1S/C10H8ClNO2/c1-14-10-7-4-6(5-13)12-9(7)3-2-8(10)11/h2-5,12H,1H3. The molecule has 4 heteroatoms. The van der Waals surface area contributed by atoms with E-state index in [9.17, 15) is 4.79 Å². The van der Waals surface area contributed by atoms with E-state index in [2.05, 4.69) is 4.98 Å². The van der Waals surface area contributed by atoms with Crippen molar-refractivity contribution in [3.63, 3.8) is 0 Å². The third kappa shape index (κ3) is 1.26. The van der Waals surface area contributed by atoms with Crippen LogP contribution in [0, 0.1) is 0 Å². The van der Waals surface area contributed by atoms with Crippen molar-refractivity contribution in [1.29, 1.82) is 0 Å². The number of benzene rings is 1. The second kappa shape index (κ2) is 3.35. The summed E-state index contributed by atoms with van der Waals surface area (Å²) in [4.78, 5) is 13.5. The number of aromatic nitrogens is 1. The quantitative estimate of drug-likeness (QED) is 0.773. The molecule has 0 radical (unpaired) electrons. The van der Waals surface area contributed by atoms with Gasteiger partial charge in [0.15, 0.2) is 6.29 Å². The molecule has 0 saturated carbocycles. The lowest BCUT2D eigenvalue weighted by atomic mass is 10.2. The van der Waals surface area contributed by atoms with Gasteiger partial charge in [0.1, 0.15) is 5.75 Å². The van der Waals surface area contributed by atoms with Crippen LogP contribution in [0.3, 0.4) is 0 Å². The number of hydrogen-bond donors (Lipinski definition) is 1. The van der Waals surface area contributed by atoms with Gasteiger partial charge in [0.05, 0.1) is 17.8 Å². The highest BCUT2D eigenvalue weighted by atomic mass is 35.5. The third-order valence-electron chi connectivity index (χ3n) is 2.06. The summed E-state index contributed by atoms with van der Waals surface area (Å²) in [5.74, 6) is 0.591. The number of aromatic amines is 1.